The van der Waals surface area contributed by atoms with E-state index in [-0.39, 0.29) is 23.7 Å². The summed E-state index contributed by atoms with van der Waals surface area (Å²) in [7, 11) is 0. The number of carboxylic acids is 1. The maximum atomic E-state index is 13.2. The van der Waals surface area contributed by atoms with Gasteiger partial charge in [0.2, 0.25) is 5.91 Å². The Kier molecular flexibility index (Phi) is 4.84. The second kappa shape index (κ2) is 7.26. The van der Waals surface area contributed by atoms with Gasteiger partial charge in [-0.2, -0.15) is 0 Å². The topological polar surface area (TPSA) is 57.6 Å². The number of benzene rings is 1. The fourth-order valence-electron chi connectivity index (χ4n) is 5.18. The third kappa shape index (κ3) is 3.29. The van der Waals surface area contributed by atoms with Crippen molar-refractivity contribution in [2.75, 3.05) is 13.1 Å². The third-order valence-corrected chi connectivity index (χ3v) is 6.61. The molecular weight excluding hydrogens is 326 g/mol. The van der Waals surface area contributed by atoms with Gasteiger partial charge in [-0.3, -0.25) is 9.59 Å². The molecule has 5 rings (SSSR count). The monoisotopic (exact) mass is 353 g/mol. The largest absolute Gasteiger partial charge is 0.481 e. The molecule has 2 fully saturated rings. The zero-order valence-electron chi connectivity index (χ0n) is 15.1. The molecule has 1 saturated carbocycles. The molecule has 1 saturated heterocycles. The first kappa shape index (κ1) is 17.3. The van der Waals surface area contributed by atoms with Gasteiger partial charge < -0.3 is 10.0 Å². The second-order valence-electron chi connectivity index (χ2n) is 8.14. The van der Waals surface area contributed by atoms with Gasteiger partial charge in [-0.15, -0.1) is 0 Å². The second-order valence-corrected chi connectivity index (χ2v) is 8.14. The Morgan fingerprint density at radius 1 is 0.923 bits per heavy atom. The molecule has 26 heavy (non-hydrogen) atoms. The molecule has 1 amide bonds. The Hall–Kier alpha value is -2.10. The van der Waals surface area contributed by atoms with Crippen molar-refractivity contribution >= 4 is 11.9 Å². The number of piperidine rings is 1. The first-order valence-electron chi connectivity index (χ1n) is 9.87. The summed E-state index contributed by atoms with van der Waals surface area (Å²) in [6, 6.07) is 10.5. The van der Waals surface area contributed by atoms with Gasteiger partial charge in [0.15, 0.2) is 0 Å². The van der Waals surface area contributed by atoms with Crippen molar-refractivity contribution in [3.63, 3.8) is 0 Å². The van der Waals surface area contributed by atoms with Crippen molar-refractivity contribution in [1.29, 1.82) is 0 Å². The first-order valence-corrected chi connectivity index (χ1v) is 9.87. The van der Waals surface area contributed by atoms with E-state index in [0.29, 0.717) is 5.92 Å². The lowest BCUT2D eigenvalue weighted by Crippen LogP contribution is -2.51. The van der Waals surface area contributed by atoms with E-state index in [1.54, 1.807) is 0 Å². The number of nitrogens with zero attached hydrogens (tertiary/aromatic N) is 1. The predicted octanol–water partition coefficient (Wildman–Crippen LogP) is 3.38. The Morgan fingerprint density at radius 3 is 2.12 bits per heavy atom. The number of hydrogen-bond acceptors (Lipinski definition) is 2. The summed E-state index contributed by atoms with van der Waals surface area (Å²) < 4.78 is 0. The van der Waals surface area contributed by atoms with Gasteiger partial charge in [-0.25, -0.2) is 0 Å². The minimum absolute atomic E-state index is 0.0297. The van der Waals surface area contributed by atoms with Crippen LogP contribution >= 0.6 is 0 Å². The number of allylic oxidation sites excluding steroid dienone is 2. The van der Waals surface area contributed by atoms with Crippen molar-refractivity contribution in [3.8, 4) is 0 Å². The normalized spacial score (nSPS) is 31.2. The van der Waals surface area contributed by atoms with Crippen LogP contribution in [0.25, 0.3) is 0 Å². The van der Waals surface area contributed by atoms with Gasteiger partial charge in [0.25, 0.3) is 0 Å². The van der Waals surface area contributed by atoms with Gasteiger partial charge in [0.05, 0.1) is 11.8 Å². The summed E-state index contributed by atoms with van der Waals surface area (Å²) in [5.41, 5.74) is 1.36. The summed E-state index contributed by atoms with van der Waals surface area (Å²) in [6.45, 7) is 1.53. The molecule has 1 heterocycles. The molecule has 0 radical (unpaired) electrons. The number of rotatable bonds is 4. The van der Waals surface area contributed by atoms with Crippen LogP contribution in [0.3, 0.4) is 0 Å². The standard InChI is InChI=1S/C22H27NO3/c24-21(19-17-6-8-18(9-7-17)20(19)22(25)26)23-12-10-16(11-13-23)14-15-4-2-1-3-5-15/h1-6,8,16-20H,7,9-14H2,(H,25,26)/t17-,18-,19+,20+/m0/s1. The number of carbonyl (C=O) groups excluding carboxylic acids is 1. The molecule has 4 nitrogen and oxygen atoms in total. The average molecular weight is 353 g/mol. The van der Waals surface area contributed by atoms with E-state index in [1.165, 1.54) is 5.56 Å². The highest BCUT2D eigenvalue weighted by atomic mass is 16.4. The van der Waals surface area contributed by atoms with Crippen LogP contribution in [0.1, 0.15) is 31.2 Å². The van der Waals surface area contributed by atoms with Crippen LogP contribution in [0.5, 0.6) is 0 Å². The van der Waals surface area contributed by atoms with Gasteiger partial charge in [0, 0.05) is 13.1 Å². The molecule has 1 aromatic rings. The van der Waals surface area contributed by atoms with E-state index in [4.69, 9.17) is 0 Å². The van der Waals surface area contributed by atoms with Crippen LogP contribution in [0.2, 0.25) is 0 Å². The van der Waals surface area contributed by atoms with Crippen molar-refractivity contribution in [1.82, 2.24) is 4.90 Å². The minimum atomic E-state index is -0.804. The van der Waals surface area contributed by atoms with Crippen LogP contribution in [-0.2, 0) is 16.0 Å². The Morgan fingerprint density at radius 2 is 1.54 bits per heavy atom. The fraction of sp³-hybridized carbons (Fsp3) is 0.545. The molecule has 0 spiro atoms. The zero-order chi connectivity index (χ0) is 18.1. The van der Waals surface area contributed by atoms with E-state index in [1.807, 2.05) is 17.0 Å². The minimum Gasteiger partial charge on any atom is -0.481 e. The van der Waals surface area contributed by atoms with Gasteiger partial charge in [-0.05, 0) is 55.4 Å². The van der Waals surface area contributed by atoms with Crippen LogP contribution in [0.15, 0.2) is 42.5 Å². The molecule has 1 N–H and O–H groups in total. The Labute approximate surface area is 154 Å². The highest BCUT2D eigenvalue weighted by Gasteiger charge is 2.49. The highest BCUT2D eigenvalue weighted by Crippen LogP contribution is 2.46. The summed E-state index contributed by atoms with van der Waals surface area (Å²) >= 11 is 0. The van der Waals surface area contributed by atoms with E-state index < -0.39 is 11.9 Å². The predicted molar refractivity (Wildman–Crippen MR) is 99.4 cm³/mol. The van der Waals surface area contributed by atoms with Gasteiger partial charge in [-0.1, -0.05) is 42.5 Å². The number of aliphatic carboxylic acids is 1. The van der Waals surface area contributed by atoms with Crippen LogP contribution < -0.4 is 0 Å². The molecule has 4 atom stereocenters. The van der Waals surface area contributed by atoms with Crippen molar-refractivity contribution in [3.05, 3.63) is 48.0 Å². The van der Waals surface area contributed by atoms with Crippen LogP contribution in [-0.4, -0.2) is 35.0 Å². The van der Waals surface area contributed by atoms with E-state index in [9.17, 15) is 14.7 Å². The van der Waals surface area contributed by atoms with Crippen molar-refractivity contribution in [2.45, 2.75) is 32.1 Å². The number of amides is 1. The average Bonchev–Trinajstić information content (AvgIpc) is 2.69. The van der Waals surface area contributed by atoms with E-state index in [2.05, 4.69) is 30.3 Å². The maximum absolute atomic E-state index is 13.2. The quantitative estimate of drug-likeness (QED) is 0.844. The van der Waals surface area contributed by atoms with Gasteiger partial charge in [0.1, 0.15) is 0 Å². The molecule has 2 bridgehead atoms. The number of carboxylic acid groups (broad SMARTS) is 1. The highest BCUT2D eigenvalue weighted by molar-refractivity contribution is 5.86. The molecular formula is C22H27NO3. The third-order valence-electron chi connectivity index (χ3n) is 6.61. The van der Waals surface area contributed by atoms with E-state index in [0.717, 1.165) is 45.2 Å². The first-order chi connectivity index (χ1) is 12.6. The fourth-order valence-corrected chi connectivity index (χ4v) is 5.18. The number of fused-ring (bicyclic) bond motifs is 2. The molecule has 0 aromatic heterocycles. The van der Waals surface area contributed by atoms with Gasteiger partial charge >= 0.3 is 5.97 Å². The number of hydrogen-bond donors (Lipinski definition) is 1. The lowest BCUT2D eigenvalue weighted by atomic mass is 9.61. The van der Waals surface area contributed by atoms with Crippen LogP contribution in [0.4, 0.5) is 0 Å². The molecule has 1 aliphatic heterocycles. The summed E-state index contributed by atoms with van der Waals surface area (Å²) in [6.07, 6.45) is 9.07. The lowest BCUT2D eigenvalue weighted by molar-refractivity contribution is -0.157. The molecule has 1 aromatic carbocycles. The zero-order valence-corrected chi connectivity index (χ0v) is 15.1. The Balaban J connectivity index is 1.39. The number of likely N-dealkylation sites (tertiary alicyclic amines) is 1. The smallest absolute Gasteiger partial charge is 0.307 e. The van der Waals surface area contributed by atoms with Crippen LogP contribution in [0, 0.1) is 29.6 Å². The molecule has 4 aliphatic rings. The summed E-state index contributed by atoms with van der Waals surface area (Å²) in [4.78, 5) is 26.9. The Bertz CT molecular complexity index is 691. The number of carbonyl (C=O) groups is 2. The molecule has 0 unspecified atom stereocenters. The summed E-state index contributed by atoms with van der Waals surface area (Å²) in [5, 5.41) is 9.68. The molecule has 4 heteroatoms. The molecule has 3 aliphatic carbocycles. The van der Waals surface area contributed by atoms with E-state index >= 15 is 0 Å². The summed E-state index contributed by atoms with van der Waals surface area (Å²) in [5.74, 6) is -0.872. The van der Waals surface area contributed by atoms with Crippen molar-refractivity contribution < 1.29 is 14.7 Å². The lowest BCUT2D eigenvalue weighted by Gasteiger charge is -2.44. The maximum Gasteiger partial charge on any atom is 0.307 e. The SMILES string of the molecule is O=C(O)[C@H]1[C@H](C(=O)N2CCC(Cc3ccccc3)CC2)[C@H]2C=C[C@H]1CC2. The molecule has 138 valence electrons. The van der Waals surface area contributed by atoms with Crippen molar-refractivity contribution in [2.24, 2.45) is 29.6 Å².